The predicted molar refractivity (Wildman–Crippen MR) is 94.4 cm³/mol. The van der Waals surface area contributed by atoms with Crippen molar-refractivity contribution in [2.24, 2.45) is 0 Å². The Morgan fingerprint density at radius 3 is 2.92 bits per heavy atom. The molecule has 3 heterocycles. The quantitative estimate of drug-likeness (QED) is 0.797. The van der Waals surface area contributed by atoms with E-state index in [-0.39, 0.29) is 11.9 Å². The van der Waals surface area contributed by atoms with Crippen LogP contribution in [0.5, 0.6) is 0 Å². The minimum atomic E-state index is 0.0279. The summed E-state index contributed by atoms with van der Waals surface area (Å²) in [5.41, 5.74) is 4.18. The molecule has 4 rings (SSSR count). The van der Waals surface area contributed by atoms with E-state index in [0.717, 1.165) is 47.6 Å². The molecule has 1 atom stereocenters. The Labute approximate surface area is 146 Å². The van der Waals surface area contributed by atoms with Crippen LogP contribution in [0.2, 0.25) is 0 Å². The molecule has 25 heavy (non-hydrogen) atoms. The number of aromatic nitrogens is 3. The Kier molecular flexibility index (Phi) is 3.82. The van der Waals surface area contributed by atoms with E-state index in [2.05, 4.69) is 40.0 Å². The summed E-state index contributed by atoms with van der Waals surface area (Å²) in [5.74, 6) is 1.94. The van der Waals surface area contributed by atoms with Crippen LogP contribution in [0.4, 0.5) is 0 Å². The lowest BCUT2D eigenvalue weighted by Crippen LogP contribution is -2.41. The molecule has 6 nitrogen and oxygen atoms in total. The number of benzene rings is 1. The molecule has 0 bridgehead atoms. The van der Waals surface area contributed by atoms with E-state index in [1.165, 1.54) is 11.1 Å². The van der Waals surface area contributed by atoms with E-state index >= 15 is 0 Å². The summed E-state index contributed by atoms with van der Waals surface area (Å²) in [6.07, 6.45) is 3.78. The van der Waals surface area contributed by atoms with Crippen LogP contribution in [0, 0.1) is 20.8 Å². The zero-order valence-corrected chi connectivity index (χ0v) is 14.8. The molecule has 130 valence electrons. The molecule has 0 radical (unpaired) electrons. The van der Waals surface area contributed by atoms with Gasteiger partial charge >= 0.3 is 0 Å². The minimum absolute atomic E-state index is 0.0279. The molecular formula is C19H22N4O2. The lowest BCUT2D eigenvalue weighted by atomic mass is 10.0. The van der Waals surface area contributed by atoms with Crippen molar-refractivity contribution in [3.63, 3.8) is 0 Å². The molecule has 0 spiro atoms. The van der Waals surface area contributed by atoms with E-state index in [1.54, 1.807) is 6.26 Å². The van der Waals surface area contributed by atoms with E-state index in [1.807, 2.05) is 13.0 Å². The van der Waals surface area contributed by atoms with Gasteiger partial charge in [0.05, 0.1) is 12.7 Å². The first-order valence-electron chi connectivity index (χ1n) is 8.66. The molecule has 3 aromatic rings. The molecule has 0 saturated carbocycles. The molecule has 0 saturated heterocycles. The normalized spacial score (nSPS) is 16.8. The van der Waals surface area contributed by atoms with Gasteiger partial charge in [0.15, 0.2) is 0 Å². The van der Waals surface area contributed by atoms with Crippen molar-refractivity contribution in [3.8, 4) is 0 Å². The van der Waals surface area contributed by atoms with Crippen LogP contribution in [0.15, 0.2) is 22.8 Å². The first-order valence-corrected chi connectivity index (χ1v) is 8.66. The van der Waals surface area contributed by atoms with Crippen molar-refractivity contribution in [1.82, 2.24) is 20.1 Å². The number of furan rings is 1. The second kappa shape index (κ2) is 6.02. The van der Waals surface area contributed by atoms with Crippen LogP contribution in [0.25, 0.3) is 11.0 Å². The van der Waals surface area contributed by atoms with Crippen LogP contribution in [0.3, 0.4) is 0 Å². The molecular weight excluding hydrogens is 316 g/mol. The fraction of sp³-hybridized carbons (Fsp3) is 0.421. The second-order valence-corrected chi connectivity index (χ2v) is 6.95. The smallest absolute Gasteiger partial charge is 0.224 e. The predicted octanol–water partition coefficient (Wildman–Crippen LogP) is 2.62. The summed E-state index contributed by atoms with van der Waals surface area (Å²) in [5, 5.41) is 12.5. The highest BCUT2D eigenvalue weighted by Crippen LogP contribution is 2.25. The van der Waals surface area contributed by atoms with Gasteiger partial charge in [-0.25, -0.2) is 0 Å². The topological polar surface area (TPSA) is 73.0 Å². The van der Waals surface area contributed by atoms with E-state index < -0.39 is 0 Å². The third-order valence-electron chi connectivity index (χ3n) is 5.12. The number of rotatable bonds is 3. The summed E-state index contributed by atoms with van der Waals surface area (Å²) < 4.78 is 7.72. The Morgan fingerprint density at radius 2 is 2.08 bits per heavy atom. The Hall–Kier alpha value is -2.63. The fourth-order valence-electron chi connectivity index (χ4n) is 3.50. The maximum absolute atomic E-state index is 12.5. The molecule has 6 heteroatoms. The largest absolute Gasteiger partial charge is 0.464 e. The highest BCUT2D eigenvalue weighted by Gasteiger charge is 2.23. The average molecular weight is 338 g/mol. The Balaban J connectivity index is 1.46. The third-order valence-corrected chi connectivity index (χ3v) is 5.12. The summed E-state index contributed by atoms with van der Waals surface area (Å²) in [7, 11) is 0. The van der Waals surface area contributed by atoms with Gasteiger partial charge in [0, 0.05) is 30.0 Å². The SMILES string of the molecule is Cc1cc2occ(CC(=O)N[C@@H]3CCc4nnc(C)n4C3)c2cc1C. The van der Waals surface area contributed by atoms with Crippen molar-refractivity contribution in [1.29, 1.82) is 0 Å². The maximum atomic E-state index is 12.5. The molecule has 1 amide bonds. The van der Waals surface area contributed by atoms with E-state index in [4.69, 9.17) is 4.42 Å². The summed E-state index contributed by atoms with van der Waals surface area (Å²) in [6, 6.07) is 4.25. The van der Waals surface area contributed by atoms with Crippen molar-refractivity contribution in [3.05, 3.63) is 46.7 Å². The maximum Gasteiger partial charge on any atom is 0.224 e. The zero-order valence-electron chi connectivity index (χ0n) is 14.8. The average Bonchev–Trinajstić information content (AvgIpc) is 3.13. The molecule has 1 N–H and O–H groups in total. The lowest BCUT2D eigenvalue weighted by molar-refractivity contribution is -0.121. The van der Waals surface area contributed by atoms with Gasteiger partial charge < -0.3 is 14.3 Å². The fourth-order valence-corrected chi connectivity index (χ4v) is 3.50. The minimum Gasteiger partial charge on any atom is -0.464 e. The number of hydrogen-bond donors (Lipinski definition) is 1. The highest BCUT2D eigenvalue weighted by atomic mass is 16.3. The number of carbonyl (C=O) groups excluding carboxylic acids is 1. The van der Waals surface area contributed by atoms with Crippen LogP contribution in [0.1, 0.15) is 34.8 Å². The number of hydrogen-bond acceptors (Lipinski definition) is 4. The summed E-state index contributed by atoms with van der Waals surface area (Å²) in [6.45, 7) is 6.83. The first kappa shape index (κ1) is 15.9. The highest BCUT2D eigenvalue weighted by molar-refractivity contribution is 5.88. The second-order valence-electron chi connectivity index (χ2n) is 6.95. The van der Waals surface area contributed by atoms with Gasteiger partial charge in [0.1, 0.15) is 17.2 Å². The number of nitrogens with zero attached hydrogens (tertiary/aromatic N) is 3. The van der Waals surface area contributed by atoms with Gasteiger partial charge in [-0.15, -0.1) is 10.2 Å². The molecule has 1 aliphatic rings. The monoisotopic (exact) mass is 338 g/mol. The van der Waals surface area contributed by atoms with E-state index in [0.29, 0.717) is 6.42 Å². The van der Waals surface area contributed by atoms with Crippen molar-refractivity contribution in [2.45, 2.75) is 52.6 Å². The Morgan fingerprint density at radius 1 is 1.28 bits per heavy atom. The third kappa shape index (κ3) is 2.92. The van der Waals surface area contributed by atoms with Crippen molar-refractivity contribution < 1.29 is 9.21 Å². The number of carbonyl (C=O) groups is 1. The summed E-state index contributed by atoms with van der Waals surface area (Å²) >= 11 is 0. The van der Waals surface area contributed by atoms with Gasteiger partial charge in [-0.1, -0.05) is 0 Å². The van der Waals surface area contributed by atoms with Gasteiger partial charge in [0.2, 0.25) is 5.91 Å². The van der Waals surface area contributed by atoms with Crippen LogP contribution < -0.4 is 5.32 Å². The molecule has 1 aliphatic heterocycles. The van der Waals surface area contributed by atoms with Crippen LogP contribution in [-0.2, 0) is 24.2 Å². The van der Waals surface area contributed by atoms with Gasteiger partial charge in [-0.05, 0) is 50.5 Å². The van der Waals surface area contributed by atoms with Crippen LogP contribution in [-0.4, -0.2) is 26.7 Å². The van der Waals surface area contributed by atoms with Gasteiger partial charge in [-0.2, -0.15) is 0 Å². The summed E-state index contributed by atoms with van der Waals surface area (Å²) in [4.78, 5) is 12.5. The number of aryl methyl sites for hydroxylation is 4. The van der Waals surface area contributed by atoms with E-state index in [9.17, 15) is 4.79 Å². The van der Waals surface area contributed by atoms with Crippen LogP contribution >= 0.6 is 0 Å². The number of fused-ring (bicyclic) bond motifs is 2. The first-order chi connectivity index (χ1) is 12.0. The standard InChI is InChI=1S/C19H22N4O2/c1-11-6-16-14(10-25-17(16)7-12(11)2)8-19(24)20-15-4-5-18-22-21-13(3)23(18)9-15/h6-7,10,15H,4-5,8-9H2,1-3H3,(H,20,24)/t15-/m1/s1. The van der Waals surface area contributed by atoms with Crippen molar-refractivity contribution >= 4 is 16.9 Å². The lowest BCUT2D eigenvalue weighted by Gasteiger charge is -2.24. The molecule has 0 aliphatic carbocycles. The Bertz CT molecular complexity index is 954. The van der Waals surface area contributed by atoms with Gasteiger partial charge in [0.25, 0.3) is 0 Å². The zero-order chi connectivity index (χ0) is 17.6. The number of amides is 1. The molecule has 0 fully saturated rings. The molecule has 0 unspecified atom stereocenters. The van der Waals surface area contributed by atoms with Gasteiger partial charge in [-0.3, -0.25) is 4.79 Å². The van der Waals surface area contributed by atoms with Crippen molar-refractivity contribution in [2.75, 3.05) is 0 Å². The molecule has 1 aromatic carbocycles. The molecule has 2 aromatic heterocycles. The number of nitrogens with one attached hydrogen (secondary N) is 1.